The molecule has 0 aliphatic rings. The van der Waals surface area contributed by atoms with Gasteiger partial charge in [-0.15, -0.1) is 0 Å². The van der Waals surface area contributed by atoms with Gasteiger partial charge in [-0.05, 0) is 24.3 Å². The fourth-order valence-electron chi connectivity index (χ4n) is 2.63. The van der Waals surface area contributed by atoms with E-state index in [1.54, 1.807) is 48.5 Å². The van der Waals surface area contributed by atoms with E-state index in [-0.39, 0.29) is 11.5 Å². The lowest BCUT2D eigenvalue weighted by molar-refractivity contribution is 0.100. The lowest BCUT2D eigenvalue weighted by Crippen LogP contribution is -2.35. The number of amides is 1. The van der Waals surface area contributed by atoms with Crippen molar-refractivity contribution < 1.29 is 4.79 Å². The quantitative estimate of drug-likeness (QED) is 0.593. The number of nitrogens with one attached hydrogen (secondary N) is 1. The van der Waals surface area contributed by atoms with Crippen LogP contribution in [0.15, 0.2) is 71.9 Å². The molecular formula is C19H12ClN5O2. The molecule has 1 amide bonds. The second-order valence-electron chi connectivity index (χ2n) is 5.64. The molecule has 0 atom stereocenters. The van der Waals surface area contributed by atoms with E-state index in [0.29, 0.717) is 21.5 Å². The highest BCUT2D eigenvalue weighted by atomic mass is 35.5. The topological polar surface area (TPSA) is 89.8 Å². The summed E-state index contributed by atoms with van der Waals surface area (Å²) in [5, 5.41) is 0.865. The van der Waals surface area contributed by atoms with Gasteiger partial charge in [0.2, 0.25) is 0 Å². The second-order valence-corrected chi connectivity index (χ2v) is 6.07. The lowest BCUT2D eigenvalue weighted by Gasteiger charge is -2.14. The van der Waals surface area contributed by atoms with Crippen molar-refractivity contribution in [2.45, 2.75) is 0 Å². The van der Waals surface area contributed by atoms with Crippen LogP contribution in [0.5, 0.6) is 0 Å². The van der Waals surface area contributed by atoms with Gasteiger partial charge in [0, 0.05) is 23.0 Å². The minimum atomic E-state index is -0.578. The fraction of sp³-hybridized carbons (Fsp3) is 0. The standard InChI is InChI=1S/C19H12ClN5O2/c20-13-5-3-4-12(10-13)17-23-15-7-2-1-6-14(15)19(27)25(17)24-18(26)16-11-21-8-9-22-16/h1-11H,(H,24,26). The number of hydrogen-bond donors (Lipinski definition) is 1. The first kappa shape index (κ1) is 16.9. The monoisotopic (exact) mass is 377 g/mol. The molecule has 0 fully saturated rings. The number of halogens is 1. The first-order chi connectivity index (χ1) is 13.1. The van der Waals surface area contributed by atoms with Gasteiger partial charge in [0.1, 0.15) is 5.69 Å². The highest BCUT2D eigenvalue weighted by Crippen LogP contribution is 2.21. The Kier molecular flexibility index (Phi) is 4.35. The molecule has 0 aliphatic heterocycles. The highest BCUT2D eigenvalue weighted by Gasteiger charge is 2.16. The summed E-state index contributed by atoms with van der Waals surface area (Å²) in [5.74, 6) is -0.316. The molecule has 0 unspecified atom stereocenters. The highest BCUT2D eigenvalue weighted by molar-refractivity contribution is 6.30. The van der Waals surface area contributed by atoms with Crippen molar-refractivity contribution in [1.82, 2.24) is 19.6 Å². The number of fused-ring (bicyclic) bond motifs is 1. The number of benzene rings is 2. The zero-order valence-corrected chi connectivity index (χ0v) is 14.6. The molecule has 0 bridgehead atoms. The van der Waals surface area contributed by atoms with Crippen molar-refractivity contribution in [2.75, 3.05) is 5.43 Å². The van der Waals surface area contributed by atoms with Gasteiger partial charge in [0.15, 0.2) is 5.82 Å². The van der Waals surface area contributed by atoms with Crippen molar-refractivity contribution >= 4 is 28.4 Å². The molecule has 0 aliphatic carbocycles. The molecule has 27 heavy (non-hydrogen) atoms. The largest absolute Gasteiger partial charge is 0.290 e. The third kappa shape index (κ3) is 3.28. The molecule has 7 nitrogen and oxygen atoms in total. The van der Waals surface area contributed by atoms with Crippen LogP contribution in [0.3, 0.4) is 0 Å². The van der Waals surface area contributed by atoms with Crippen LogP contribution in [0.2, 0.25) is 5.02 Å². The smallest absolute Gasteiger partial charge is 0.267 e. The van der Waals surface area contributed by atoms with Gasteiger partial charge in [-0.2, -0.15) is 4.68 Å². The molecule has 8 heteroatoms. The number of aromatic nitrogens is 4. The molecule has 0 saturated heterocycles. The molecule has 2 aromatic carbocycles. The summed E-state index contributed by atoms with van der Waals surface area (Å²) >= 11 is 6.09. The van der Waals surface area contributed by atoms with Crippen LogP contribution in [0, 0.1) is 0 Å². The Bertz CT molecular complexity index is 1210. The lowest BCUT2D eigenvalue weighted by atomic mass is 10.2. The minimum Gasteiger partial charge on any atom is -0.267 e. The van der Waals surface area contributed by atoms with E-state index in [4.69, 9.17) is 11.6 Å². The maximum Gasteiger partial charge on any atom is 0.290 e. The molecule has 1 N–H and O–H groups in total. The molecule has 0 spiro atoms. The molecule has 2 aromatic heterocycles. The summed E-state index contributed by atoms with van der Waals surface area (Å²) in [6, 6.07) is 13.8. The average molecular weight is 378 g/mol. The third-order valence-electron chi connectivity index (χ3n) is 3.87. The summed E-state index contributed by atoms with van der Waals surface area (Å²) in [6.07, 6.45) is 4.17. The summed E-state index contributed by atoms with van der Waals surface area (Å²) in [6.45, 7) is 0. The van der Waals surface area contributed by atoms with Gasteiger partial charge in [-0.3, -0.25) is 20.0 Å². The van der Waals surface area contributed by atoms with Gasteiger partial charge >= 0.3 is 0 Å². The molecule has 0 saturated carbocycles. The van der Waals surface area contributed by atoms with Crippen LogP contribution in [-0.4, -0.2) is 25.5 Å². The maximum absolute atomic E-state index is 13.0. The zero-order valence-electron chi connectivity index (χ0n) is 13.8. The minimum absolute atomic E-state index is 0.0783. The molecule has 2 heterocycles. The van der Waals surface area contributed by atoms with Crippen LogP contribution >= 0.6 is 11.6 Å². The number of rotatable bonds is 3. The zero-order chi connectivity index (χ0) is 18.8. The number of nitrogens with zero attached hydrogens (tertiary/aromatic N) is 4. The van der Waals surface area contributed by atoms with Crippen molar-refractivity contribution in [3.63, 3.8) is 0 Å². The Hall–Kier alpha value is -3.58. The van der Waals surface area contributed by atoms with E-state index in [9.17, 15) is 9.59 Å². The van der Waals surface area contributed by atoms with E-state index in [2.05, 4.69) is 20.4 Å². The van der Waals surface area contributed by atoms with E-state index in [1.165, 1.54) is 18.6 Å². The van der Waals surface area contributed by atoms with E-state index < -0.39 is 11.5 Å². The van der Waals surface area contributed by atoms with Gasteiger partial charge in [-0.1, -0.05) is 35.9 Å². The van der Waals surface area contributed by atoms with E-state index in [0.717, 1.165) is 4.68 Å². The Morgan fingerprint density at radius 3 is 2.70 bits per heavy atom. The van der Waals surface area contributed by atoms with Crippen LogP contribution in [-0.2, 0) is 0 Å². The average Bonchev–Trinajstić information content (AvgIpc) is 2.70. The molecule has 4 aromatic rings. The normalized spacial score (nSPS) is 10.7. The van der Waals surface area contributed by atoms with Gasteiger partial charge in [-0.25, -0.2) is 9.97 Å². The Morgan fingerprint density at radius 2 is 1.93 bits per heavy atom. The first-order valence-electron chi connectivity index (χ1n) is 7.98. The Labute approximate surface area is 158 Å². The maximum atomic E-state index is 13.0. The number of carbonyl (C=O) groups excluding carboxylic acids is 1. The van der Waals surface area contributed by atoms with E-state index in [1.807, 2.05) is 0 Å². The van der Waals surface area contributed by atoms with Crippen molar-refractivity contribution in [2.24, 2.45) is 0 Å². The number of para-hydroxylation sites is 1. The number of hydrogen-bond acceptors (Lipinski definition) is 5. The van der Waals surface area contributed by atoms with Crippen LogP contribution in [0.25, 0.3) is 22.3 Å². The Morgan fingerprint density at radius 1 is 1.07 bits per heavy atom. The molecule has 132 valence electrons. The molecule has 0 radical (unpaired) electrons. The van der Waals surface area contributed by atoms with Crippen molar-refractivity contribution in [1.29, 1.82) is 0 Å². The second kappa shape index (κ2) is 6.97. The van der Waals surface area contributed by atoms with E-state index >= 15 is 0 Å². The molecular weight excluding hydrogens is 366 g/mol. The first-order valence-corrected chi connectivity index (χ1v) is 8.36. The summed E-state index contributed by atoms with van der Waals surface area (Å²) < 4.78 is 1.10. The Balaban J connectivity index is 1.92. The molecule has 4 rings (SSSR count). The predicted molar refractivity (Wildman–Crippen MR) is 102 cm³/mol. The van der Waals surface area contributed by atoms with Crippen LogP contribution in [0.1, 0.15) is 10.5 Å². The summed E-state index contributed by atoms with van der Waals surface area (Å²) in [4.78, 5) is 37.9. The third-order valence-corrected chi connectivity index (χ3v) is 4.10. The fourth-order valence-corrected chi connectivity index (χ4v) is 2.82. The summed E-state index contributed by atoms with van der Waals surface area (Å²) in [7, 11) is 0. The van der Waals surface area contributed by atoms with Crippen LogP contribution in [0.4, 0.5) is 0 Å². The van der Waals surface area contributed by atoms with Gasteiger partial charge < -0.3 is 0 Å². The van der Waals surface area contributed by atoms with Gasteiger partial charge in [0.05, 0.1) is 17.1 Å². The van der Waals surface area contributed by atoms with Gasteiger partial charge in [0.25, 0.3) is 11.5 Å². The number of carbonyl (C=O) groups is 1. The van der Waals surface area contributed by atoms with Crippen molar-refractivity contribution in [3.8, 4) is 11.4 Å². The van der Waals surface area contributed by atoms with Crippen molar-refractivity contribution in [3.05, 3.63) is 88.2 Å². The van der Waals surface area contributed by atoms with Crippen LogP contribution < -0.4 is 11.0 Å². The predicted octanol–water partition coefficient (Wildman–Crippen LogP) is 2.89. The SMILES string of the molecule is O=C(Nn1c(-c2cccc(Cl)c2)nc2ccccc2c1=O)c1cnccn1. The summed E-state index contributed by atoms with van der Waals surface area (Å²) in [5.41, 5.74) is 3.34.